The van der Waals surface area contributed by atoms with E-state index in [4.69, 9.17) is 0 Å². The standard InChI is InChI=1S/C12H20N4O4/c1-7(2)8-9(16(19)20)10(15(6)13-8)14(5)12(3,4)11(17)18/h7H,1-6H3,(H,17,18). The van der Waals surface area contributed by atoms with Crippen molar-refractivity contribution in [1.29, 1.82) is 0 Å². The van der Waals surface area contributed by atoms with Gasteiger partial charge in [0.1, 0.15) is 11.2 Å². The summed E-state index contributed by atoms with van der Waals surface area (Å²) in [6.07, 6.45) is 0. The second kappa shape index (κ2) is 5.10. The van der Waals surface area contributed by atoms with Gasteiger partial charge in [0.15, 0.2) is 0 Å². The first-order valence-corrected chi connectivity index (χ1v) is 6.20. The van der Waals surface area contributed by atoms with E-state index in [2.05, 4.69) is 5.10 Å². The van der Waals surface area contributed by atoms with Crippen LogP contribution in [0, 0.1) is 10.1 Å². The van der Waals surface area contributed by atoms with Gasteiger partial charge in [-0.2, -0.15) is 5.10 Å². The first-order chi connectivity index (χ1) is 9.01. The first-order valence-electron chi connectivity index (χ1n) is 6.20. The van der Waals surface area contributed by atoms with E-state index in [1.165, 1.54) is 30.5 Å². The fourth-order valence-electron chi connectivity index (χ4n) is 1.87. The largest absolute Gasteiger partial charge is 0.480 e. The molecule has 1 aromatic rings. The number of aliphatic carboxylic acids is 1. The van der Waals surface area contributed by atoms with Crippen LogP contribution in [0.15, 0.2) is 0 Å². The molecule has 0 saturated heterocycles. The number of carboxylic acids is 1. The van der Waals surface area contributed by atoms with E-state index in [9.17, 15) is 20.0 Å². The predicted octanol–water partition coefficient (Wildman–Crippen LogP) is 1.75. The molecular formula is C12H20N4O4. The van der Waals surface area contributed by atoms with E-state index in [1.807, 2.05) is 0 Å². The number of aryl methyl sites for hydroxylation is 1. The normalized spacial score (nSPS) is 11.8. The van der Waals surface area contributed by atoms with Crippen molar-refractivity contribution in [1.82, 2.24) is 9.78 Å². The lowest BCUT2D eigenvalue weighted by molar-refractivity contribution is -0.385. The van der Waals surface area contributed by atoms with Crippen LogP contribution in [0.5, 0.6) is 0 Å². The number of likely N-dealkylation sites (N-methyl/N-ethyl adjacent to an activating group) is 1. The van der Waals surface area contributed by atoms with Crippen molar-refractivity contribution in [2.24, 2.45) is 7.05 Å². The topological polar surface area (TPSA) is 102 Å². The lowest BCUT2D eigenvalue weighted by atomic mass is 10.0. The summed E-state index contributed by atoms with van der Waals surface area (Å²) in [5.41, 5.74) is -1.08. The average Bonchev–Trinajstić information content (AvgIpc) is 2.65. The van der Waals surface area contributed by atoms with Crippen LogP contribution < -0.4 is 4.90 Å². The first kappa shape index (κ1) is 15.9. The summed E-state index contributed by atoms with van der Waals surface area (Å²) in [7, 11) is 3.09. The molecule has 1 rings (SSSR count). The van der Waals surface area contributed by atoms with Crippen molar-refractivity contribution in [3.05, 3.63) is 15.8 Å². The smallest absolute Gasteiger partial charge is 0.334 e. The number of rotatable bonds is 5. The summed E-state index contributed by atoms with van der Waals surface area (Å²) in [6, 6.07) is 0. The average molecular weight is 284 g/mol. The zero-order chi connectivity index (χ0) is 15.8. The van der Waals surface area contributed by atoms with E-state index in [0.717, 1.165) is 0 Å². The summed E-state index contributed by atoms with van der Waals surface area (Å²) < 4.78 is 1.36. The van der Waals surface area contributed by atoms with Gasteiger partial charge >= 0.3 is 11.7 Å². The molecule has 0 bridgehead atoms. The van der Waals surface area contributed by atoms with Gasteiger partial charge in [0.05, 0.1) is 4.92 Å². The highest BCUT2D eigenvalue weighted by Gasteiger charge is 2.39. The number of nitrogens with zero attached hydrogens (tertiary/aromatic N) is 4. The minimum Gasteiger partial charge on any atom is -0.480 e. The molecule has 0 spiro atoms. The molecule has 20 heavy (non-hydrogen) atoms. The number of carboxylic acid groups (broad SMARTS) is 1. The van der Waals surface area contributed by atoms with Crippen molar-refractivity contribution < 1.29 is 14.8 Å². The fraction of sp³-hybridized carbons (Fsp3) is 0.667. The maximum atomic E-state index is 11.3. The third-order valence-corrected chi connectivity index (χ3v) is 3.43. The van der Waals surface area contributed by atoms with Crippen LogP contribution >= 0.6 is 0 Å². The number of hydrogen-bond acceptors (Lipinski definition) is 5. The molecule has 0 aliphatic rings. The Morgan fingerprint density at radius 1 is 1.50 bits per heavy atom. The lowest BCUT2D eigenvalue weighted by Gasteiger charge is -2.32. The second-order valence-electron chi connectivity index (χ2n) is 5.52. The highest BCUT2D eigenvalue weighted by Crippen LogP contribution is 2.37. The van der Waals surface area contributed by atoms with E-state index in [1.54, 1.807) is 20.9 Å². The number of hydrogen-bond donors (Lipinski definition) is 1. The van der Waals surface area contributed by atoms with Crippen LogP contribution in [-0.4, -0.2) is 38.4 Å². The summed E-state index contributed by atoms with van der Waals surface area (Å²) in [5.74, 6) is -1.01. The molecule has 112 valence electrons. The van der Waals surface area contributed by atoms with E-state index in [-0.39, 0.29) is 17.4 Å². The molecule has 0 fully saturated rings. The van der Waals surface area contributed by atoms with E-state index in [0.29, 0.717) is 5.69 Å². The van der Waals surface area contributed by atoms with Gasteiger partial charge < -0.3 is 10.0 Å². The number of carbonyl (C=O) groups is 1. The van der Waals surface area contributed by atoms with Gasteiger partial charge in [0.25, 0.3) is 0 Å². The Bertz CT molecular complexity index is 548. The molecule has 1 heterocycles. The van der Waals surface area contributed by atoms with Crippen molar-refractivity contribution in [3.63, 3.8) is 0 Å². The number of aromatic nitrogens is 2. The Morgan fingerprint density at radius 3 is 2.35 bits per heavy atom. The molecule has 0 unspecified atom stereocenters. The maximum absolute atomic E-state index is 11.3. The van der Waals surface area contributed by atoms with Gasteiger partial charge in [0.2, 0.25) is 5.82 Å². The van der Waals surface area contributed by atoms with Crippen molar-refractivity contribution in [2.45, 2.75) is 39.2 Å². The van der Waals surface area contributed by atoms with E-state index >= 15 is 0 Å². The SMILES string of the molecule is CC(C)c1nn(C)c(N(C)C(C)(C)C(=O)O)c1[N+](=O)[O-]. The number of nitro groups is 1. The molecule has 0 amide bonds. The molecule has 0 aliphatic heterocycles. The molecule has 0 saturated carbocycles. The molecule has 0 radical (unpaired) electrons. The Balaban J connectivity index is 3.53. The van der Waals surface area contributed by atoms with Gasteiger partial charge in [-0.15, -0.1) is 0 Å². The van der Waals surface area contributed by atoms with Crippen LogP contribution in [0.3, 0.4) is 0 Å². The molecule has 1 N–H and O–H groups in total. The Morgan fingerprint density at radius 2 is 2.00 bits per heavy atom. The summed E-state index contributed by atoms with van der Waals surface area (Å²) in [6.45, 7) is 6.59. The van der Waals surface area contributed by atoms with Crippen LogP contribution in [-0.2, 0) is 11.8 Å². The second-order valence-corrected chi connectivity index (χ2v) is 5.52. The monoisotopic (exact) mass is 284 g/mol. The highest BCUT2D eigenvalue weighted by atomic mass is 16.6. The minimum atomic E-state index is -1.28. The van der Waals surface area contributed by atoms with Gasteiger partial charge in [-0.3, -0.25) is 10.1 Å². The zero-order valence-corrected chi connectivity index (χ0v) is 12.5. The third kappa shape index (κ3) is 2.45. The molecule has 1 aromatic heterocycles. The Labute approximate surface area is 117 Å². The van der Waals surface area contributed by atoms with Crippen molar-refractivity contribution in [2.75, 3.05) is 11.9 Å². The van der Waals surface area contributed by atoms with Gasteiger partial charge in [-0.25, -0.2) is 9.48 Å². The van der Waals surface area contributed by atoms with Gasteiger partial charge in [-0.1, -0.05) is 13.8 Å². The van der Waals surface area contributed by atoms with Crippen LogP contribution in [0.2, 0.25) is 0 Å². The molecule has 0 aromatic carbocycles. The predicted molar refractivity (Wildman–Crippen MR) is 74.1 cm³/mol. The van der Waals surface area contributed by atoms with Crippen LogP contribution in [0.25, 0.3) is 0 Å². The quantitative estimate of drug-likeness (QED) is 0.653. The maximum Gasteiger partial charge on any atom is 0.334 e. The minimum absolute atomic E-state index is 0.128. The Kier molecular flexibility index (Phi) is 4.07. The van der Waals surface area contributed by atoms with Crippen molar-refractivity contribution >= 4 is 17.5 Å². The summed E-state index contributed by atoms with van der Waals surface area (Å²) >= 11 is 0. The molecule has 8 nitrogen and oxygen atoms in total. The highest BCUT2D eigenvalue weighted by molar-refractivity contribution is 5.83. The summed E-state index contributed by atoms with van der Waals surface area (Å²) in [5, 5.41) is 24.8. The van der Waals surface area contributed by atoms with Crippen molar-refractivity contribution in [3.8, 4) is 0 Å². The molecule has 8 heteroatoms. The molecule has 0 aliphatic carbocycles. The fourth-order valence-corrected chi connectivity index (χ4v) is 1.87. The molecule has 0 atom stereocenters. The lowest BCUT2D eigenvalue weighted by Crippen LogP contribution is -2.49. The Hall–Kier alpha value is -2.12. The van der Waals surface area contributed by atoms with Gasteiger partial charge in [-0.05, 0) is 13.8 Å². The zero-order valence-electron chi connectivity index (χ0n) is 12.5. The number of anilines is 1. The summed E-state index contributed by atoms with van der Waals surface area (Å²) in [4.78, 5) is 23.5. The van der Waals surface area contributed by atoms with Crippen LogP contribution in [0.1, 0.15) is 39.3 Å². The van der Waals surface area contributed by atoms with Gasteiger partial charge in [0, 0.05) is 20.0 Å². The third-order valence-electron chi connectivity index (χ3n) is 3.43. The molecular weight excluding hydrogens is 264 g/mol. The van der Waals surface area contributed by atoms with Crippen LogP contribution in [0.4, 0.5) is 11.5 Å². The van der Waals surface area contributed by atoms with E-state index < -0.39 is 16.4 Å².